The van der Waals surface area contributed by atoms with Crippen molar-refractivity contribution in [2.45, 2.75) is 24.1 Å². The van der Waals surface area contributed by atoms with Gasteiger partial charge in [0.05, 0.1) is 10.7 Å². The summed E-state index contributed by atoms with van der Waals surface area (Å²) >= 11 is 0. The van der Waals surface area contributed by atoms with Gasteiger partial charge in [0, 0.05) is 17.7 Å². The number of halogens is 2. The molecule has 142 valence electrons. The first-order valence-electron chi connectivity index (χ1n) is 7.19. The molecule has 1 amide bonds. The molecule has 0 aliphatic carbocycles. The highest BCUT2D eigenvalue weighted by Crippen LogP contribution is 2.40. The van der Waals surface area contributed by atoms with Crippen molar-refractivity contribution in [3.63, 3.8) is 0 Å². The zero-order valence-corrected chi connectivity index (χ0v) is 14.5. The van der Waals surface area contributed by atoms with Crippen molar-refractivity contribution in [3.8, 4) is 0 Å². The van der Waals surface area contributed by atoms with Gasteiger partial charge in [-0.05, 0) is 19.9 Å². The van der Waals surface area contributed by atoms with E-state index in [1.54, 1.807) is 0 Å². The fourth-order valence-corrected chi connectivity index (χ4v) is 4.24. The summed E-state index contributed by atoms with van der Waals surface area (Å²) in [7, 11) is -4.21. The van der Waals surface area contributed by atoms with Crippen LogP contribution in [0.1, 0.15) is 19.4 Å². The van der Waals surface area contributed by atoms with Crippen molar-refractivity contribution < 1.29 is 32.0 Å². The minimum absolute atomic E-state index is 0.584. The van der Waals surface area contributed by atoms with Gasteiger partial charge in [-0.1, -0.05) is 0 Å². The van der Waals surface area contributed by atoms with Crippen LogP contribution in [0.5, 0.6) is 0 Å². The number of nitrogens with zero attached hydrogens (tertiary/aromatic N) is 2. The van der Waals surface area contributed by atoms with E-state index in [1.807, 2.05) is 5.32 Å². The topological polar surface area (TPSA) is 139 Å². The van der Waals surface area contributed by atoms with Gasteiger partial charge in [0.15, 0.2) is 9.84 Å². The van der Waals surface area contributed by atoms with Crippen LogP contribution in [0.25, 0.3) is 0 Å². The lowest BCUT2D eigenvalue weighted by Crippen LogP contribution is -2.58. The van der Waals surface area contributed by atoms with E-state index < -0.39 is 66.5 Å². The third-order valence-electron chi connectivity index (χ3n) is 4.21. The minimum atomic E-state index is -4.21. The minimum Gasteiger partial charge on any atom is -0.465 e. The van der Waals surface area contributed by atoms with Crippen LogP contribution >= 0.6 is 0 Å². The number of benzene rings is 1. The van der Waals surface area contributed by atoms with Crippen LogP contribution in [0.4, 0.5) is 19.3 Å². The molecule has 0 saturated carbocycles. The Labute approximate surface area is 146 Å². The number of rotatable bonds is 3. The van der Waals surface area contributed by atoms with Crippen LogP contribution in [0.3, 0.4) is 0 Å². The van der Waals surface area contributed by atoms with E-state index in [0.717, 1.165) is 6.07 Å². The number of amides is 1. The predicted molar refractivity (Wildman–Crippen MR) is 87.2 cm³/mol. The molecular formula is C14H15F2N3O6S. The van der Waals surface area contributed by atoms with Gasteiger partial charge in [-0.25, -0.2) is 22.0 Å². The fourth-order valence-electron chi connectivity index (χ4n) is 2.56. The second-order valence-corrected chi connectivity index (χ2v) is 8.79. The fraction of sp³-hybridized carbons (Fsp3) is 0.429. The molecule has 0 aromatic heterocycles. The quantitative estimate of drug-likeness (QED) is 0.595. The maximum Gasteiger partial charge on any atom is 0.410 e. The van der Waals surface area contributed by atoms with E-state index >= 15 is 0 Å². The van der Waals surface area contributed by atoms with Crippen LogP contribution in [0, 0.1) is 15.9 Å². The first-order valence-corrected chi connectivity index (χ1v) is 8.84. The van der Waals surface area contributed by atoms with Gasteiger partial charge in [0.2, 0.25) is 0 Å². The number of carbonyl (C=O) groups is 1. The smallest absolute Gasteiger partial charge is 0.410 e. The molecule has 26 heavy (non-hydrogen) atoms. The van der Waals surface area contributed by atoms with E-state index in [2.05, 4.69) is 4.99 Å². The molecule has 0 spiro atoms. The molecule has 12 heteroatoms. The van der Waals surface area contributed by atoms with Gasteiger partial charge < -0.3 is 5.11 Å². The van der Waals surface area contributed by atoms with Crippen molar-refractivity contribution in [2.24, 2.45) is 4.99 Å². The second-order valence-electron chi connectivity index (χ2n) is 6.25. The molecule has 0 saturated heterocycles. The normalized spacial score (nSPS) is 23.8. The average molecular weight is 391 g/mol. The second kappa shape index (κ2) is 6.27. The maximum absolute atomic E-state index is 14.3. The molecule has 1 atom stereocenters. The molecular weight excluding hydrogens is 376 g/mol. The van der Waals surface area contributed by atoms with Gasteiger partial charge in [-0.15, -0.1) is 0 Å². The highest BCUT2D eigenvalue weighted by Gasteiger charge is 2.53. The van der Waals surface area contributed by atoms with Crippen molar-refractivity contribution in [3.05, 3.63) is 39.7 Å². The number of non-ortho nitro benzene ring substituents is 1. The highest BCUT2D eigenvalue weighted by molar-refractivity contribution is 7.93. The van der Waals surface area contributed by atoms with Crippen molar-refractivity contribution in [1.82, 2.24) is 5.32 Å². The third kappa shape index (κ3) is 3.11. The first-order chi connectivity index (χ1) is 11.9. The summed E-state index contributed by atoms with van der Waals surface area (Å²) in [5.41, 5.74) is -3.57. The Morgan fingerprint density at radius 2 is 2.08 bits per heavy atom. The molecule has 2 N–H and O–H groups in total. The van der Waals surface area contributed by atoms with E-state index in [0.29, 0.717) is 12.1 Å². The van der Waals surface area contributed by atoms with Crippen LogP contribution in [-0.2, 0) is 15.4 Å². The lowest BCUT2D eigenvalue weighted by Gasteiger charge is -2.39. The number of amidine groups is 1. The first kappa shape index (κ1) is 19.7. The van der Waals surface area contributed by atoms with Crippen molar-refractivity contribution in [2.75, 3.05) is 12.4 Å². The van der Waals surface area contributed by atoms with Gasteiger partial charge >= 0.3 is 6.09 Å². The van der Waals surface area contributed by atoms with Crippen LogP contribution in [0.2, 0.25) is 0 Å². The number of alkyl halides is 1. The Kier molecular flexibility index (Phi) is 4.75. The average Bonchev–Trinajstić information content (AvgIpc) is 2.51. The predicted octanol–water partition coefficient (Wildman–Crippen LogP) is 1.77. The Balaban J connectivity index is 2.80. The van der Waals surface area contributed by atoms with Gasteiger partial charge in [-0.3, -0.25) is 20.4 Å². The molecule has 0 fully saturated rings. The monoisotopic (exact) mass is 391 g/mol. The Morgan fingerprint density at radius 1 is 1.46 bits per heavy atom. The molecule has 1 aromatic carbocycles. The largest absolute Gasteiger partial charge is 0.465 e. The number of sulfone groups is 1. The van der Waals surface area contributed by atoms with E-state index in [1.165, 1.54) is 13.8 Å². The van der Waals surface area contributed by atoms with Crippen molar-refractivity contribution in [1.29, 1.82) is 0 Å². The number of nitrogens with one attached hydrogen (secondary N) is 1. The summed E-state index contributed by atoms with van der Waals surface area (Å²) in [6.45, 7) is 0.831. The van der Waals surface area contributed by atoms with Gasteiger partial charge in [0.1, 0.15) is 28.6 Å². The summed E-state index contributed by atoms with van der Waals surface area (Å²) in [4.78, 5) is 24.9. The SMILES string of the molecule is CC1(C)C(NC(=O)O)=NC(CF)(c2cc([N+](=O)[O-])ccc2F)CS1(=O)=O. The van der Waals surface area contributed by atoms with Crippen LogP contribution in [0.15, 0.2) is 23.2 Å². The van der Waals surface area contributed by atoms with Gasteiger partial charge in [0.25, 0.3) is 5.69 Å². The number of aliphatic imine (C=N–C) groups is 1. The standard InChI is InChI=1S/C14H15F2N3O6S/c1-13(2)11(17-12(20)21)18-14(6-15,7-26(13,24)25)9-5-8(19(22)23)3-4-10(9)16/h3-5H,6-7H2,1-2H3,(H,17,18)(H,20,21). The summed E-state index contributed by atoms with van der Waals surface area (Å²) in [5.74, 6) is -2.67. The Morgan fingerprint density at radius 3 is 2.58 bits per heavy atom. The zero-order chi connectivity index (χ0) is 19.9. The van der Waals surface area contributed by atoms with Crippen LogP contribution in [-0.4, -0.2) is 47.6 Å². The Bertz CT molecular complexity index is 915. The number of nitro benzene ring substituents is 1. The molecule has 1 aromatic rings. The number of nitro groups is 1. The summed E-state index contributed by atoms with van der Waals surface area (Å²) in [6, 6.07) is 2.24. The zero-order valence-electron chi connectivity index (χ0n) is 13.7. The number of hydrogen-bond donors (Lipinski definition) is 2. The lowest BCUT2D eigenvalue weighted by atomic mass is 9.92. The lowest BCUT2D eigenvalue weighted by molar-refractivity contribution is -0.385. The van der Waals surface area contributed by atoms with Gasteiger partial charge in [-0.2, -0.15) is 0 Å². The summed E-state index contributed by atoms with van der Waals surface area (Å²) < 4.78 is 51.7. The molecule has 2 rings (SSSR count). The molecule has 1 aliphatic heterocycles. The number of hydrogen-bond acceptors (Lipinski definition) is 6. The Hall–Kier alpha value is -2.63. The van der Waals surface area contributed by atoms with Crippen LogP contribution < -0.4 is 5.32 Å². The number of carboxylic acid groups (broad SMARTS) is 1. The third-order valence-corrected chi connectivity index (χ3v) is 6.82. The van der Waals surface area contributed by atoms with E-state index in [9.17, 15) is 32.1 Å². The maximum atomic E-state index is 14.3. The molecule has 0 radical (unpaired) electrons. The van der Waals surface area contributed by atoms with E-state index in [4.69, 9.17) is 5.11 Å². The molecule has 9 nitrogen and oxygen atoms in total. The van der Waals surface area contributed by atoms with Crippen molar-refractivity contribution >= 4 is 27.5 Å². The molecule has 0 bridgehead atoms. The molecule has 1 unspecified atom stereocenters. The highest BCUT2D eigenvalue weighted by atomic mass is 32.2. The van der Waals surface area contributed by atoms with E-state index in [-0.39, 0.29) is 0 Å². The molecule has 1 heterocycles. The molecule has 1 aliphatic rings. The summed E-state index contributed by atoms with van der Waals surface area (Å²) in [6.07, 6.45) is -1.64. The summed E-state index contributed by atoms with van der Waals surface area (Å²) in [5, 5.41) is 21.6.